The summed E-state index contributed by atoms with van der Waals surface area (Å²) in [6.07, 6.45) is 5.94. The van der Waals surface area contributed by atoms with Crippen LogP contribution in [0.5, 0.6) is 0 Å². The molecular formula is C9H15BrO. The molecule has 0 aliphatic heterocycles. The van der Waals surface area contributed by atoms with E-state index in [2.05, 4.69) is 15.9 Å². The molecule has 0 saturated heterocycles. The van der Waals surface area contributed by atoms with E-state index < -0.39 is 0 Å². The van der Waals surface area contributed by atoms with Crippen molar-refractivity contribution >= 4 is 21.7 Å². The molecule has 0 amide bonds. The molecule has 64 valence electrons. The second-order valence-corrected chi connectivity index (χ2v) is 4.09. The molecule has 0 aromatic heterocycles. The first-order valence-electron chi connectivity index (χ1n) is 4.28. The van der Waals surface area contributed by atoms with Crippen molar-refractivity contribution in [3.05, 3.63) is 0 Å². The van der Waals surface area contributed by atoms with Gasteiger partial charge in [0.1, 0.15) is 5.78 Å². The van der Waals surface area contributed by atoms with Crippen molar-refractivity contribution in [2.45, 2.75) is 39.0 Å². The topological polar surface area (TPSA) is 17.1 Å². The van der Waals surface area contributed by atoms with Gasteiger partial charge in [0.15, 0.2) is 0 Å². The highest BCUT2D eigenvalue weighted by molar-refractivity contribution is 9.09. The third kappa shape index (κ3) is 1.84. The van der Waals surface area contributed by atoms with Gasteiger partial charge in [0.05, 0.1) is 0 Å². The lowest BCUT2D eigenvalue weighted by Crippen LogP contribution is -2.33. The maximum atomic E-state index is 11.3. The number of hydrogen-bond donors (Lipinski definition) is 0. The van der Waals surface area contributed by atoms with E-state index in [1.165, 1.54) is 19.3 Å². The van der Waals surface area contributed by atoms with Gasteiger partial charge in [0.2, 0.25) is 0 Å². The normalized spacial score (nSPS) is 23.1. The van der Waals surface area contributed by atoms with E-state index in [1.54, 1.807) is 6.92 Å². The van der Waals surface area contributed by atoms with Crippen molar-refractivity contribution in [3.8, 4) is 0 Å². The van der Waals surface area contributed by atoms with E-state index >= 15 is 0 Å². The van der Waals surface area contributed by atoms with Crippen LogP contribution in [-0.4, -0.2) is 11.1 Å². The van der Waals surface area contributed by atoms with Crippen molar-refractivity contribution in [1.82, 2.24) is 0 Å². The zero-order valence-electron chi connectivity index (χ0n) is 7.03. The smallest absolute Gasteiger partial charge is 0.136 e. The van der Waals surface area contributed by atoms with Gasteiger partial charge < -0.3 is 0 Å². The first-order valence-corrected chi connectivity index (χ1v) is 5.40. The zero-order valence-corrected chi connectivity index (χ0v) is 8.61. The second kappa shape index (κ2) is 3.70. The van der Waals surface area contributed by atoms with Crippen LogP contribution in [0.15, 0.2) is 0 Å². The van der Waals surface area contributed by atoms with Crippen molar-refractivity contribution < 1.29 is 4.79 Å². The summed E-state index contributed by atoms with van der Waals surface area (Å²) in [6, 6.07) is 0. The molecule has 0 heterocycles. The van der Waals surface area contributed by atoms with Crippen LogP contribution in [0.2, 0.25) is 0 Å². The third-order valence-corrected chi connectivity index (χ3v) is 3.89. The Hall–Kier alpha value is 0.150. The van der Waals surface area contributed by atoms with Crippen LogP contribution in [-0.2, 0) is 4.79 Å². The lowest BCUT2D eigenvalue weighted by Gasteiger charge is -2.32. The molecule has 0 aromatic carbocycles. The Morgan fingerprint density at radius 3 is 2.18 bits per heavy atom. The lowest BCUT2D eigenvalue weighted by atomic mass is 9.73. The van der Waals surface area contributed by atoms with E-state index in [0.29, 0.717) is 5.78 Å². The van der Waals surface area contributed by atoms with Crippen LogP contribution < -0.4 is 0 Å². The van der Waals surface area contributed by atoms with Gasteiger partial charge in [0.25, 0.3) is 0 Å². The number of Topliss-reactive ketones (excluding diaryl/α,β-unsaturated/α-hetero) is 1. The van der Waals surface area contributed by atoms with Gasteiger partial charge in [-0.15, -0.1) is 0 Å². The Kier molecular flexibility index (Phi) is 3.11. The minimum absolute atomic E-state index is 0.00174. The highest BCUT2D eigenvalue weighted by Gasteiger charge is 2.35. The molecule has 0 N–H and O–H groups in total. The molecular weight excluding hydrogens is 204 g/mol. The third-order valence-electron chi connectivity index (χ3n) is 2.81. The summed E-state index contributed by atoms with van der Waals surface area (Å²) in [6.45, 7) is 1.73. The molecule has 1 aliphatic rings. The average Bonchev–Trinajstić information content (AvgIpc) is 2.05. The summed E-state index contributed by atoms with van der Waals surface area (Å²) in [5.74, 6) is 0.370. The van der Waals surface area contributed by atoms with Crippen molar-refractivity contribution in [3.63, 3.8) is 0 Å². The molecule has 1 fully saturated rings. The fourth-order valence-electron chi connectivity index (χ4n) is 1.81. The molecule has 11 heavy (non-hydrogen) atoms. The number of ketones is 1. The molecule has 1 saturated carbocycles. The molecule has 2 heteroatoms. The van der Waals surface area contributed by atoms with Crippen LogP contribution in [0.3, 0.4) is 0 Å². The van der Waals surface area contributed by atoms with Crippen molar-refractivity contribution in [2.24, 2.45) is 5.41 Å². The fraction of sp³-hybridized carbons (Fsp3) is 0.889. The minimum Gasteiger partial charge on any atom is -0.299 e. The first-order chi connectivity index (χ1) is 5.21. The van der Waals surface area contributed by atoms with Crippen LogP contribution in [0.1, 0.15) is 39.0 Å². The van der Waals surface area contributed by atoms with E-state index in [-0.39, 0.29) is 5.41 Å². The van der Waals surface area contributed by atoms with E-state index in [0.717, 1.165) is 18.2 Å². The molecule has 0 radical (unpaired) electrons. The summed E-state index contributed by atoms with van der Waals surface area (Å²) in [5, 5.41) is 0.856. The van der Waals surface area contributed by atoms with E-state index in [4.69, 9.17) is 0 Å². The van der Waals surface area contributed by atoms with Gasteiger partial charge in [-0.1, -0.05) is 35.2 Å². The minimum atomic E-state index is -0.00174. The number of carbonyl (C=O) groups excluding carboxylic acids is 1. The maximum Gasteiger partial charge on any atom is 0.136 e. The molecule has 0 atom stereocenters. The van der Waals surface area contributed by atoms with Crippen LogP contribution in [0.4, 0.5) is 0 Å². The average molecular weight is 219 g/mol. The molecule has 1 nitrogen and oxygen atoms in total. The molecule has 0 unspecified atom stereocenters. The van der Waals surface area contributed by atoms with E-state index in [1.807, 2.05) is 0 Å². The molecule has 0 spiro atoms. The fourth-order valence-corrected chi connectivity index (χ4v) is 2.76. The number of carbonyl (C=O) groups is 1. The Bertz CT molecular complexity index is 148. The van der Waals surface area contributed by atoms with Crippen molar-refractivity contribution in [2.75, 3.05) is 5.33 Å². The monoisotopic (exact) mass is 218 g/mol. The highest BCUT2D eigenvalue weighted by atomic mass is 79.9. The standard InChI is InChI=1S/C9H15BrO/c1-8(11)9(7-10)5-3-2-4-6-9/h2-7H2,1H3. The Labute approximate surface area is 76.7 Å². The largest absolute Gasteiger partial charge is 0.299 e. The van der Waals surface area contributed by atoms with Crippen molar-refractivity contribution in [1.29, 1.82) is 0 Å². The summed E-state index contributed by atoms with van der Waals surface area (Å²) in [4.78, 5) is 11.3. The molecule has 1 aliphatic carbocycles. The molecule has 0 aromatic rings. The SMILES string of the molecule is CC(=O)C1(CBr)CCCCC1. The summed E-state index contributed by atoms with van der Waals surface area (Å²) >= 11 is 3.45. The van der Waals surface area contributed by atoms with Gasteiger partial charge in [-0.25, -0.2) is 0 Å². The quantitative estimate of drug-likeness (QED) is 0.652. The Morgan fingerprint density at radius 1 is 1.36 bits per heavy atom. The van der Waals surface area contributed by atoms with Crippen LogP contribution in [0, 0.1) is 5.41 Å². The Morgan fingerprint density at radius 2 is 1.91 bits per heavy atom. The summed E-state index contributed by atoms with van der Waals surface area (Å²) in [7, 11) is 0. The van der Waals surface area contributed by atoms with Crippen LogP contribution >= 0.6 is 15.9 Å². The van der Waals surface area contributed by atoms with Gasteiger partial charge in [-0.05, 0) is 19.8 Å². The predicted molar refractivity (Wildman–Crippen MR) is 50.0 cm³/mol. The highest BCUT2D eigenvalue weighted by Crippen LogP contribution is 2.38. The number of alkyl halides is 1. The predicted octanol–water partition coefficient (Wildman–Crippen LogP) is 2.92. The van der Waals surface area contributed by atoms with Gasteiger partial charge >= 0.3 is 0 Å². The maximum absolute atomic E-state index is 11.3. The van der Waals surface area contributed by atoms with Gasteiger partial charge in [0, 0.05) is 10.7 Å². The molecule has 1 rings (SSSR count). The zero-order chi connectivity index (χ0) is 8.32. The lowest BCUT2D eigenvalue weighted by molar-refractivity contribution is -0.126. The summed E-state index contributed by atoms with van der Waals surface area (Å²) in [5.41, 5.74) is -0.00174. The second-order valence-electron chi connectivity index (χ2n) is 3.53. The van der Waals surface area contributed by atoms with Crippen LogP contribution in [0.25, 0.3) is 0 Å². The van der Waals surface area contributed by atoms with Gasteiger partial charge in [-0.2, -0.15) is 0 Å². The Balaban J connectivity index is 2.64. The van der Waals surface area contributed by atoms with Gasteiger partial charge in [-0.3, -0.25) is 4.79 Å². The number of hydrogen-bond acceptors (Lipinski definition) is 1. The number of halogens is 1. The first kappa shape index (κ1) is 9.24. The number of rotatable bonds is 2. The molecule has 0 bridgehead atoms. The summed E-state index contributed by atoms with van der Waals surface area (Å²) < 4.78 is 0. The van der Waals surface area contributed by atoms with E-state index in [9.17, 15) is 4.79 Å².